The van der Waals surface area contributed by atoms with Crippen LogP contribution in [-0.4, -0.2) is 25.9 Å². The van der Waals surface area contributed by atoms with Crippen molar-refractivity contribution in [2.75, 3.05) is 19.1 Å². The molecule has 0 aliphatic heterocycles. The molecule has 132 valence electrons. The Morgan fingerprint density at radius 2 is 1.84 bits per heavy atom. The van der Waals surface area contributed by atoms with E-state index in [0.717, 1.165) is 12.1 Å². The number of carbonyl (C=O) groups is 1. The lowest BCUT2D eigenvalue weighted by Gasteiger charge is -2.08. The summed E-state index contributed by atoms with van der Waals surface area (Å²) in [5, 5.41) is 3.96. The van der Waals surface area contributed by atoms with Gasteiger partial charge in [-0.2, -0.15) is 18.3 Å². The van der Waals surface area contributed by atoms with Gasteiger partial charge in [0.1, 0.15) is 5.75 Å². The van der Waals surface area contributed by atoms with E-state index in [-0.39, 0.29) is 6.61 Å². The lowest BCUT2D eigenvalue weighted by atomic mass is 10.2. The fraction of sp³-hybridized carbons (Fsp3) is 0.176. The fourth-order valence-corrected chi connectivity index (χ4v) is 1.82. The molecule has 8 heteroatoms. The topological polar surface area (TPSA) is 59.9 Å². The molecule has 0 aliphatic rings. The minimum absolute atomic E-state index is 0.242. The van der Waals surface area contributed by atoms with Crippen LogP contribution < -0.4 is 10.2 Å². The summed E-state index contributed by atoms with van der Waals surface area (Å²) in [6, 6.07) is 11.3. The Labute approximate surface area is 142 Å². The molecule has 0 saturated carbocycles. The number of hydrogen-bond donors (Lipinski definition) is 1. The predicted molar refractivity (Wildman–Crippen MR) is 86.6 cm³/mol. The van der Waals surface area contributed by atoms with Gasteiger partial charge in [0, 0.05) is 5.56 Å². The Balaban J connectivity index is 2.01. The van der Waals surface area contributed by atoms with E-state index in [1.165, 1.54) is 25.5 Å². The van der Waals surface area contributed by atoms with Gasteiger partial charge in [0.2, 0.25) is 0 Å². The third kappa shape index (κ3) is 5.52. The van der Waals surface area contributed by atoms with Crippen LogP contribution in [0.3, 0.4) is 0 Å². The average molecular weight is 352 g/mol. The zero-order valence-corrected chi connectivity index (χ0v) is 13.2. The number of para-hydroxylation sites is 1. The molecule has 2 aromatic carbocycles. The highest BCUT2D eigenvalue weighted by Crippen LogP contribution is 2.29. The molecule has 0 fully saturated rings. The SMILES string of the molecule is COC(=O)COc1ccccc1/C=N/Nc1ccc(C(F)(F)F)cc1. The van der Waals surface area contributed by atoms with Crippen molar-refractivity contribution in [2.45, 2.75) is 6.18 Å². The Morgan fingerprint density at radius 3 is 2.48 bits per heavy atom. The molecule has 0 aromatic heterocycles. The van der Waals surface area contributed by atoms with Crippen molar-refractivity contribution in [3.8, 4) is 5.75 Å². The molecular weight excluding hydrogens is 337 g/mol. The molecule has 25 heavy (non-hydrogen) atoms. The molecule has 0 amide bonds. The fourth-order valence-electron chi connectivity index (χ4n) is 1.82. The van der Waals surface area contributed by atoms with E-state index >= 15 is 0 Å². The second kappa shape index (κ2) is 8.18. The third-order valence-corrected chi connectivity index (χ3v) is 3.10. The summed E-state index contributed by atoms with van der Waals surface area (Å²) in [5.74, 6) is -0.0968. The minimum Gasteiger partial charge on any atom is -0.481 e. The van der Waals surface area contributed by atoms with Gasteiger partial charge >= 0.3 is 12.1 Å². The highest BCUT2D eigenvalue weighted by atomic mass is 19.4. The van der Waals surface area contributed by atoms with Crippen LogP contribution in [0.15, 0.2) is 53.6 Å². The molecule has 0 radical (unpaired) electrons. The summed E-state index contributed by atoms with van der Waals surface area (Å²) in [6.07, 6.45) is -2.94. The average Bonchev–Trinajstić information content (AvgIpc) is 2.60. The van der Waals surface area contributed by atoms with Crippen LogP contribution in [0.1, 0.15) is 11.1 Å². The van der Waals surface area contributed by atoms with Crippen molar-refractivity contribution in [2.24, 2.45) is 5.10 Å². The quantitative estimate of drug-likeness (QED) is 0.489. The first-order valence-corrected chi connectivity index (χ1v) is 7.15. The summed E-state index contributed by atoms with van der Waals surface area (Å²) in [7, 11) is 1.26. The lowest BCUT2D eigenvalue weighted by molar-refractivity contribution is -0.143. The highest BCUT2D eigenvalue weighted by Gasteiger charge is 2.29. The maximum absolute atomic E-state index is 12.5. The molecule has 0 bridgehead atoms. The zero-order valence-electron chi connectivity index (χ0n) is 13.2. The smallest absolute Gasteiger partial charge is 0.416 e. The number of benzene rings is 2. The number of halogens is 3. The van der Waals surface area contributed by atoms with Crippen molar-refractivity contribution < 1.29 is 27.4 Å². The second-order valence-corrected chi connectivity index (χ2v) is 4.85. The van der Waals surface area contributed by atoms with Crippen molar-refractivity contribution in [1.29, 1.82) is 0 Å². The van der Waals surface area contributed by atoms with E-state index in [1.807, 2.05) is 0 Å². The molecule has 0 spiro atoms. The summed E-state index contributed by atoms with van der Waals surface area (Å²) in [6.45, 7) is -0.242. The van der Waals surface area contributed by atoms with Gasteiger partial charge in [0.25, 0.3) is 0 Å². The summed E-state index contributed by atoms with van der Waals surface area (Å²) in [4.78, 5) is 11.1. The van der Waals surface area contributed by atoms with Crippen LogP contribution >= 0.6 is 0 Å². The van der Waals surface area contributed by atoms with Gasteiger partial charge in [0.05, 0.1) is 24.6 Å². The largest absolute Gasteiger partial charge is 0.481 e. The monoisotopic (exact) mass is 352 g/mol. The number of alkyl halides is 3. The van der Waals surface area contributed by atoms with Crippen LogP contribution in [0, 0.1) is 0 Å². The predicted octanol–water partition coefficient (Wildman–Crippen LogP) is 3.70. The normalized spacial score (nSPS) is 11.4. The number of methoxy groups -OCH3 is 1. The van der Waals surface area contributed by atoms with Crippen LogP contribution in [0.5, 0.6) is 5.75 Å². The summed E-state index contributed by atoms with van der Waals surface area (Å²) >= 11 is 0. The maximum atomic E-state index is 12.5. The van der Waals surface area contributed by atoms with Crippen LogP contribution in [0.2, 0.25) is 0 Å². The van der Waals surface area contributed by atoms with E-state index in [4.69, 9.17) is 4.74 Å². The van der Waals surface area contributed by atoms with Gasteiger partial charge in [-0.15, -0.1) is 0 Å². The van der Waals surface area contributed by atoms with Gasteiger partial charge in [-0.25, -0.2) is 4.79 Å². The Bertz CT molecular complexity index is 744. The van der Waals surface area contributed by atoms with Gasteiger partial charge in [0.15, 0.2) is 6.61 Å². The van der Waals surface area contributed by atoms with E-state index in [2.05, 4.69) is 15.3 Å². The Morgan fingerprint density at radius 1 is 1.16 bits per heavy atom. The lowest BCUT2D eigenvalue weighted by Crippen LogP contribution is -2.13. The van der Waals surface area contributed by atoms with Crippen molar-refractivity contribution >= 4 is 17.9 Å². The van der Waals surface area contributed by atoms with Crippen LogP contribution in [0.25, 0.3) is 0 Å². The number of anilines is 1. The number of esters is 1. The standard InChI is InChI=1S/C17H15F3N2O3/c1-24-16(23)11-25-15-5-3-2-4-12(15)10-21-22-14-8-6-13(7-9-14)17(18,19)20/h2-10,22H,11H2,1H3/b21-10+. The Hall–Kier alpha value is -3.03. The molecule has 0 saturated heterocycles. The second-order valence-electron chi connectivity index (χ2n) is 4.85. The first-order chi connectivity index (χ1) is 11.9. The molecular formula is C17H15F3N2O3. The maximum Gasteiger partial charge on any atom is 0.416 e. The number of nitrogens with zero attached hydrogens (tertiary/aromatic N) is 1. The van der Waals surface area contributed by atoms with E-state index in [0.29, 0.717) is 17.0 Å². The highest BCUT2D eigenvalue weighted by molar-refractivity contribution is 5.84. The summed E-state index contributed by atoms with van der Waals surface area (Å²) < 4.78 is 47.3. The molecule has 0 unspecified atom stereocenters. The number of ether oxygens (including phenoxy) is 2. The van der Waals surface area contributed by atoms with Crippen molar-refractivity contribution in [3.05, 3.63) is 59.7 Å². The molecule has 0 atom stereocenters. The third-order valence-electron chi connectivity index (χ3n) is 3.10. The van der Waals surface area contributed by atoms with E-state index in [1.54, 1.807) is 24.3 Å². The number of rotatable bonds is 6. The van der Waals surface area contributed by atoms with E-state index < -0.39 is 17.7 Å². The van der Waals surface area contributed by atoms with Gasteiger partial charge in [-0.05, 0) is 36.4 Å². The van der Waals surface area contributed by atoms with Crippen molar-refractivity contribution in [1.82, 2.24) is 0 Å². The number of hydrogen-bond acceptors (Lipinski definition) is 5. The van der Waals surface area contributed by atoms with Gasteiger partial charge in [-0.3, -0.25) is 5.43 Å². The molecule has 2 aromatic rings. The zero-order chi connectivity index (χ0) is 18.3. The molecule has 1 N–H and O–H groups in total. The number of hydrazone groups is 1. The number of carbonyl (C=O) groups excluding carboxylic acids is 1. The van der Waals surface area contributed by atoms with Crippen molar-refractivity contribution in [3.63, 3.8) is 0 Å². The molecule has 5 nitrogen and oxygen atoms in total. The molecule has 0 aliphatic carbocycles. The van der Waals surface area contributed by atoms with Crippen LogP contribution in [-0.2, 0) is 15.7 Å². The number of nitrogens with one attached hydrogen (secondary N) is 1. The Kier molecular flexibility index (Phi) is 5.99. The minimum atomic E-state index is -4.38. The van der Waals surface area contributed by atoms with Gasteiger partial charge < -0.3 is 9.47 Å². The first-order valence-electron chi connectivity index (χ1n) is 7.15. The summed E-state index contributed by atoms with van der Waals surface area (Å²) in [5.41, 5.74) is 2.89. The van der Waals surface area contributed by atoms with E-state index in [9.17, 15) is 18.0 Å². The molecule has 0 heterocycles. The van der Waals surface area contributed by atoms with Crippen LogP contribution in [0.4, 0.5) is 18.9 Å². The first kappa shape index (κ1) is 18.3. The molecule has 2 rings (SSSR count). The van der Waals surface area contributed by atoms with Gasteiger partial charge in [-0.1, -0.05) is 12.1 Å².